The minimum atomic E-state index is -0.461. The van der Waals surface area contributed by atoms with Gasteiger partial charge in [-0.1, -0.05) is 12.8 Å². The molecule has 4 heterocycles. The van der Waals surface area contributed by atoms with Gasteiger partial charge in [0.15, 0.2) is 11.2 Å². The van der Waals surface area contributed by atoms with Crippen LogP contribution in [0.15, 0.2) is 38.1 Å². The molecule has 5 rings (SSSR count). The molecule has 2 aliphatic rings. The molecule has 1 aromatic carbocycles. The van der Waals surface area contributed by atoms with Crippen LogP contribution < -0.4 is 21.7 Å². The lowest BCUT2D eigenvalue weighted by Gasteiger charge is -2.16. The third kappa shape index (κ3) is 5.88. The number of urea groups is 1. The summed E-state index contributed by atoms with van der Waals surface area (Å²) in [5, 5.41) is 18.0. The average molecular weight is 530 g/mol. The number of fused-ring (bicyclic) bond motifs is 3. The van der Waals surface area contributed by atoms with Crippen LogP contribution in [-0.4, -0.2) is 46.7 Å². The number of hydroxylamine groups is 1. The maximum Gasteiger partial charge on any atom is 0.339 e. The Morgan fingerprint density at radius 3 is 2.89 bits per heavy atom. The molecular weight excluding hydrogens is 498 g/mol. The van der Waals surface area contributed by atoms with E-state index in [1.807, 2.05) is 17.8 Å². The number of hydrogen-bond donors (Lipinski definition) is 4. The molecule has 2 amide bonds. The Morgan fingerprint density at radius 1 is 1.11 bits per heavy atom. The lowest BCUT2D eigenvalue weighted by molar-refractivity contribution is -0.151. The maximum absolute atomic E-state index is 12.3. The molecule has 0 spiro atoms. The van der Waals surface area contributed by atoms with Gasteiger partial charge in [0.2, 0.25) is 5.75 Å². The Bertz CT molecular complexity index is 1340. The Labute approximate surface area is 217 Å². The zero-order chi connectivity index (χ0) is 25.8. The van der Waals surface area contributed by atoms with Gasteiger partial charge in [-0.05, 0) is 50.3 Å². The monoisotopic (exact) mass is 529 g/mol. The van der Waals surface area contributed by atoms with Gasteiger partial charge in [-0.3, -0.25) is 4.79 Å². The molecule has 10 nitrogen and oxygen atoms in total. The Kier molecular flexibility index (Phi) is 7.90. The number of phenols is 1. The number of nitrogens with one attached hydrogen (secondary N) is 3. The first-order valence-corrected chi connectivity index (χ1v) is 13.8. The van der Waals surface area contributed by atoms with Crippen LogP contribution in [-0.2, 0) is 16.1 Å². The number of benzene rings is 1. The second kappa shape index (κ2) is 11.5. The van der Waals surface area contributed by atoms with Gasteiger partial charge in [-0.2, -0.15) is 17.2 Å². The van der Waals surface area contributed by atoms with E-state index in [4.69, 9.17) is 13.7 Å². The number of unbranched alkanes of at least 4 members (excludes halogenated alkanes) is 3. The van der Waals surface area contributed by atoms with Crippen LogP contribution in [0.5, 0.6) is 5.75 Å². The topological polar surface area (TPSA) is 143 Å². The van der Waals surface area contributed by atoms with Crippen molar-refractivity contribution in [3.63, 3.8) is 0 Å². The highest BCUT2D eigenvalue weighted by atomic mass is 32.2. The number of phenolic OH excluding ortho intramolecular Hbond substituents is 1. The first-order valence-electron chi connectivity index (χ1n) is 12.8. The average Bonchev–Trinajstić information content (AvgIpc) is 3.58. The molecule has 2 aliphatic heterocycles. The Hall–Kier alpha value is -3.18. The van der Waals surface area contributed by atoms with Crippen molar-refractivity contribution in [2.75, 3.05) is 12.3 Å². The van der Waals surface area contributed by atoms with Gasteiger partial charge in [-0.25, -0.2) is 9.59 Å². The van der Waals surface area contributed by atoms with Gasteiger partial charge in [0.05, 0.1) is 18.3 Å². The van der Waals surface area contributed by atoms with E-state index in [0.717, 1.165) is 49.7 Å². The number of thioether (sulfide) groups is 1. The van der Waals surface area contributed by atoms with Gasteiger partial charge in [0, 0.05) is 40.3 Å². The van der Waals surface area contributed by atoms with Crippen molar-refractivity contribution >= 4 is 45.7 Å². The van der Waals surface area contributed by atoms with Crippen molar-refractivity contribution < 1.29 is 28.4 Å². The predicted molar refractivity (Wildman–Crippen MR) is 140 cm³/mol. The molecule has 37 heavy (non-hydrogen) atoms. The quantitative estimate of drug-likeness (QED) is 0.119. The van der Waals surface area contributed by atoms with Crippen LogP contribution in [0.2, 0.25) is 0 Å². The first kappa shape index (κ1) is 25.5. The van der Waals surface area contributed by atoms with E-state index in [2.05, 4.69) is 16.1 Å². The number of rotatable bonds is 12. The van der Waals surface area contributed by atoms with Gasteiger partial charge in [0.25, 0.3) is 0 Å². The molecule has 2 saturated heterocycles. The van der Waals surface area contributed by atoms with Crippen molar-refractivity contribution in [1.82, 2.24) is 16.1 Å². The number of aromatic hydroxyl groups is 1. The molecule has 0 radical (unpaired) electrons. The minimum absolute atomic E-state index is 0.0770. The standard InChI is InChI=1S/C26H31N3O7S/c30-20(8-4-3-7-19-21-18(14-37-19)28-26(33)29-21)36-27-10-5-1-2-6-16-13-17-12-15-9-11-34-23(15)22(31)24(17)35-25(16)32/h9,11-13,18-19,21,27,31H,1-8,10,14H2,(H2,28,29,33). The van der Waals surface area contributed by atoms with E-state index in [1.54, 1.807) is 12.1 Å². The summed E-state index contributed by atoms with van der Waals surface area (Å²) >= 11 is 1.88. The molecule has 2 fully saturated rings. The molecule has 3 aromatic rings. The number of aryl methyl sites for hydroxylation is 1. The highest BCUT2D eigenvalue weighted by Gasteiger charge is 2.42. The summed E-state index contributed by atoms with van der Waals surface area (Å²) in [6.45, 7) is 0.541. The van der Waals surface area contributed by atoms with Crippen LogP contribution in [0, 0.1) is 0 Å². The molecule has 3 unspecified atom stereocenters. The second-order valence-corrected chi connectivity index (χ2v) is 10.9. The lowest BCUT2D eigenvalue weighted by atomic mass is 10.0. The van der Waals surface area contributed by atoms with E-state index in [-0.39, 0.29) is 35.4 Å². The molecule has 3 atom stereocenters. The predicted octanol–water partition coefficient (Wildman–Crippen LogP) is 3.73. The van der Waals surface area contributed by atoms with Gasteiger partial charge < -0.3 is 29.4 Å². The van der Waals surface area contributed by atoms with E-state index < -0.39 is 5.63 Å². The van der Waals surface area contributed by atoms with Gasteiger partial charge in [-0.15, -0.1) is 0 Å². The van der Waals surface area contributed by atoms with Crippen LogP contribution >= 0.6 is 11.8 Å². The van der Waals surface area contributed by atoms with Crippen LogP contribution in [0.1, 0.15) is 50.5 Å². The summed E-state index contributed by atoms with van der Waals surface area (Å²) in [5.74, 6) is 0.510. The summed E-state index contributed by atoms with van der Waals surface area (Å²) in [6.07, 6.45) is 7.47. The third-order valence-corrected chi connectivity index (χ3v) is 8.46. The largest absolute Gasteiger partial charge is 0.502 e. The van der Waals surface area contributed by atoms with Gasteiger partial charge in [0.1, 0.15) is 0 Å². The summed E-state index contributed by atoms with van der Waals surface area (Å²) < 4.78 is 10.6. The molecule has 198 valence electrons. The fourth-order valence-electron chi connectivity index (χ4n) is 5.02. The van der Waals surface area contributed by atoms with Gasteiger partial charge >= 0.3 is 17.6 Å². The number of carbonyl (C=O) groups excluding carboxylic acids is 2. The highest BCUT2D eigenvalue weighted by molar-refractivity contribution is 8.00. The van der Waals surface area contributed by atoms with E-state index in [1.165, 1.54) is 6.26 Å². The van der Waals surface area contributed by atoms with Crippen molar-refractivity contribution in [2.24, 2.45) is 0 Å². The Morgan fingerprint density at radius 2 is 2.00 bits per heavy atom. The molecule has 0 bridgehead atoms. The summed E-state index contributed by atoms with van der Waals surface area (Å²) in [5.41, 5.74) is 3.27. The molecule has 0 saturated carbocycles. The number of furan rings is 1. The number of carbonyl (C=O) groups is 2. The van der Waals surface area contributed by atoms with E-state index in [9.17, 15) is 19.5 Å². The highest BCUT2D eigenvalue weighted by Crippen LogP contribution is 2.34. The van der Waals surface area contributed by atoms with Crippen molar-refractivity contribution in [1.29, 1.82) is 0 Å². The zero-order valence-corrected chi connectivity index (χ0v) is 21.2. The minimum Gasteiger partial charge on any atom is -0.502 e. The van der Waals surface area contributed by atoms with Crippen LogP contribution in [0.4, 0.5) is 4.79 Å². The zero-order valence-electron chi connectivity index (χ0n) is 20.4. The third-order valence-electron chi connectivity index (χ3n) is 6.95. The maximum atomic E-state index is 12.3. The molecule has 0 aliphatic carbocycles. The van der Waals surface area contributed by atoms with Crippen molar-refractivity contribution in [3.8, 4) is 5.75 Å². The van der Waals surface area contributed by atoms with Crippen molar-refractivity contribution in [3.05, 3.63) is 40.4 Å². The molecular formula is C26H31N3O7S. The second-order valence-electron chi connectivity index (χ2n) is 9.59. The van der Waals surface area contributed by atoms with Crippen LogP contribution in [0.25, 0.3) is 21.9 Å². The van der Waals surface area contributed by atoms with Crippen LogP contribution in [0.3, 0.4) is 0 Å². The summed E-state index contributed by atoms with van der Waals surface area (Å²) in [7, 11) is 0. The lowest BCUT2D eigenvalue weighted by Crippen LogP contribution is -2.36. The molecule has 2 aromatic heterocycles. The normalized spacial score (nSPS) is 20.8. The van der Waals surface area contributed by atoms with Crippen molar-refractivity contribution in [2.45, 2.75) is 68.7 Å². The Balaban J connectivity index is 0.946. The number of hydrogen-bond acceptors (Lipinski definition) is 9. The fourth-order valence-corrected chi connectivity index (χ4v) is 6.57. The summed E-state index contributed by atoms with van der Waals surface area (Å²) in [6, 6.07) is 5.69. The smallest absolute Gasteiger partial charge is 0.339 e. The fraction of sp³-hybridized carbons (Fsp3) is 0.500. The summed E-state index contributed by atoms with van der Waals surface area (Å²) in [4.78, 5) is 40.8. The van der Waals surface area contributed by atoms with E-state index >= 15 is 0 Å². The SMILES string of the molecule is O=C1NC2CSC(CCCCC(=O)ONCCCCCc3cc4cc5ccoc5c(O)c4oc3=O)C2N1. The molecule has 4 N–H and O–H groups in total. The van der Waals surface area contributed by atoms with E-state index in [0.29, 0.717) is 41.2 Å². The molecule has 11 heteroatoms. The number of amides is 2. The first-order chi connectivity index (χ1) is 18.0.